The van der Waals surface area contributed by atoms with Crippen LogP contribution in [0.4, 0.5) is 5.69 Å². The van der Waals surface area contributed by atoms with Gasteiger partial charge >= 0.3 is 0 Å². The summed E-state index contributed by atoms with van der Waals surface area (Å²) < 4.78 is 5.22. The summed E-state index contributed by atoms with van der Waals surface area (Å²) in [5, 5.41) is 3.19. The van der Waals surface area contributed by atoms with E-state index in [0.29, 0.717) is 30.9 Å². The van der Waals surface area contributed by atoms with Gasteiger partial charge in [0.05, 0.1) is 6.61 Å². The number of halogens is 1. The molecule has 2 aromatic rings. The molecule has 4 nitrogen and oxygen atoms in total. The monoisotopic (exact) mass is 453 g/mol. The quantitative estimate of drug-likeness (QED) is 0.366. The zero-order valence-corrected chi connectivity index (χ0v) is 17.4. The van der Waals surface area contributed by atoms with Crippen LogP contribution in [-0.4, -0.2) is 19.6 Å². The molecular formula is C20H28IN3O. The molecule has 1 unspecified atom stereocenters. The first-order chi connectivity index (χ1) is 11.6. The van der Waals surface area contributed by atoms with Gasteiger partial charge < -0.3 is 15.8 Å². The third-order valence-electron chi connectivity index (χ3n) is 4.07. The van der Waals surface area contributed by atoms with Crippen molar-refractivity contribution in [1.82, 2.24) is 0 Å². The molecule has 0 spiro atoms. The highest BCUT2D eigenvalue weighted by atomic mass is 127. The summed E-state index contributed by atoms with van der Waals surface area (Å²) in [7, 11) is 1.68. The van der Waals surface area contributed by atoms with Crippen molar-refractivity contribution in [2.75, 3.05) is 19.0 Å². The van der Waals surface area contributed by atoms with Crippen molar-refractivity contribution in [1.29, 1.82) is 0 Å². The van der Waals surface area contributed by atoms with Crippen molar-refractivity contribution in [3.8, 4) is 0 Å². The highest BCUT2D eigenvalue weighted by molar-refractivity contribution is 14.0. The summed E-state index contributed by atoms with van der Waals surface area (Å²) in [6.45, 7) is 5.62. The van der Waals surface area contributed by atoms with Crippen LogP contribution in [-0.2, 0) is 11.3 Å². The Kier molecular flexibility index (Phi) is 9.52. The van der Waals surface area contributed by atoms with Crippen LogP contribution in [0.3, 0.4) is 0 Å². The standard InChI is InChI=1S/C20H27N3O.HI/c1-15(2)18(16-9-5-4-6-10-16)13-22-20(21)23-19-12-8-7-11-17(19)14-24-3;/h4-12,15,18H,13-14H2,1-3H3,(H3,21,22,23);1H. The van der Waals surface area contributed by atoms with E-state index in [9.17, 15) is 0 Å². The summed E-state index contributed by atoms with van der Waals surface area (Å²) in [6, 6.07) is 18.4. The molecule has 0 heterocycles. The van der Waals surface area contributed by atoms with Crippen molar-refractivity contribution in [2.45, 2.75) is 26.4 Å². The summed E-state index contributed by atoms with van der Waals surface area (Å²) >= 11 is 0. The van der Waals surface area contributed by atoms with Gasteiger partial charge in [-0.3, -0.25) is 4.99 Å². The number of guanidine groups is 1. The smallest absolute Gasteiger partial charge is 0.193 e. The first-order valence-electron chi connectivity index (χ1n) is 8.30. The SMILES string of the molecule is COCc1ccccc1NC(N)=NCC(c1ccccc1)C(C)C.I. The van der Waals surface area contributed by atoms with Gasteiger partial charge in [-0.1, -0.05) is 62.4 Å². The minimum Gasteiger partial charge on any atom is -0.380 e. The fourth-order valence-electron chi connectivity index (χ4n) is 2.70. The minimum atomic E-state index is 0. The molecule has 0 saturated carbocycles. The topological polar surface area (TPSA) is 59.6 Å². The van der Waals surface area contributed by atoms with E-state index in [1.165, 1.54) is 5.56 Å². The molecule has 1 atom stereocenters. The van der Waals surface area contributed by atoms with Crippen LogP contribution in [0.1, 0.15) is 30.9 Å². The van der Waals surface area contributed by atoms with Crippen LogP contribution in [0.15, 0.2) is 59.6 Å². The van der Waals surface area contributed by atoms with Gasteiger partial charge in [-0.05, 0) is 17.5 Å². The molecule has 5 heteroatoms. The molecule has 0 saturated heterocycles. The number of rotatable bonds is 7. The van der Waals surface area contributed by atoms with E-state index in [1.807, 2.05) is 30.3 Å². The second-order valence-electron chi connectivity index (χ2n) is 6.20. The fourth-order valence-corrected chi connectivity index (χ4v) is 2.70. The number of anilines is 1. The third kappa shape index (κ3) is 6.66. The first kappa shape index (κ1) is 21.4. The van der Waals surface area contributed by atoms with E-state index in [0.717, 1.165) is 11.3 Å². The van der Waals surface area contributed by atoms with Gasteiger partial charge in [0.1, 0.15) is 0 Å². The first-order valence-corrected chi connectivity index (χ1v) is 8.30. The predicted molar refractivity (Wildman–Crippen MR) is 117 cm³/mol. The molecule has 0 aliphatic carbocycles. The lowest BCUT2D eigenvalue weighted by atomic mass is 9.88. The molecular weight excluding hydrogens is 425 g/mol. The van der Waals surface area contributed by atoms with E-state index >= 15 is 0 Å². The maximum Gasteiger partial charge on any atom is 0.193 e. The van der Waals surface area contributed by atoms with Gasteiger partial charge in [0, 0.05) is 30.8 Å². The molecule has 0 fully saturated rings. The van der Waals surface area contributed by atoms with Gasteiger partial charge in [0.2, 0.25) is 0 Å². The van der Waals surface area contributed by atoms with Crippen LogP contribution in [0.2, 0.25) is 0 Å². The molecule has 136 valence electrons. The van der Waals surface area contributed by atoms with Gasteiger partial charge in [0.15, 0.2) is 5.96 Å². The second-order valence-corrected chi connectivity index (χ2v) is 6.20. The number of ether oxygens (including phenoxy) is 1. The van der Waals surface area contributed by atoms with Crippen molar-refractivity contribution in [2.24, 2.45) is 16.6 Å². The summed E-state index contributed by atoms with van der Waals surface area (Å²) in [6.07, 6.45) is 0. The number of nitrogens with zero attached hydrogens (tertiary/aromatic N) is 1. The zero-order valence-electron chi connectivity index (χ0n) is 15.1. The van der Waals surface area contributed by atoms with Crippen LogP contribution in [0.5, 0.6) is 0 Å². The van der Waals surface area contributed by atoms with Crippen molar-refractivity contribution >= 4 is 35.6 Å². The Hall–Kier alpha value is -1.60. The maximum atomic E-state index is 6.10. The van der Waals surface area contributed by atoms with Gasteiger partial charge in [-0.25, -0.2) is 0 Å². The number of hydrogen-bond donors (Lipinski definition) is 2. The number of aliphatic imine (C=N–C) groups is 1. The lowest BCUT2D eigenvalue weighted by Gasteiger charge is -2.20. The Bertz CT molecular complexity index is 659. The highest BCUT2D eigenvalue weighted by Crippen LogP contribution is 2.24. The average Bonchev–Trinajstić information content (AvgIpc) is 2.58. The molecule has 0 amide bonds. The Balaban J connectivity index is 0.00000312. The van der Waals surface area contributed by atoms with E-state index in [-0.39, 0.29) is 24.0 Å². The molecule has 0 aliphatic heterocycles. The lowest BCUT2D eigenvalue weighted by Crippen LogP contribution is -2.25. The van der Waals surface area contributed by atoms with Crippen molar-refractivity contribution in [3.05, 3.63) is 65.7 Å². The molecule has 2 aromatic carbocycles. The van der Waals surface area contributed by atoms with E-state index in [1.54, 1.807) is 7.11 Å². The molecule has 25 heavy (non-hydrogen) atoms. The number of hydrogen-bond acceptors (Lipinski definition) is 2. The van der Waals surface area contributed by atoms with E-state index < -0.39 is 0 Å². The molecule has 3 N–H and O–H groups in total. The molecule has 0 bridgehead atoms. The Morgan fingerprint density at radius 2 is 1.72 bits per heavy atom. The van der Waals surface area contributed by atoms with E-state index in [4.69, 9.17) is 10.5 Å². The third-order valence-corrected chi connectivity index (χ3v) is 4.07. The average molecular weight is 453 g/mol. The van der Waals surface area contributed by atoms with Gasteiger partial charge in [-0.2, -0.15) is 0 Å². The van der Waals surface area contributed by atoms with Crippen molar-refractivity contribution in [3.63, 3.8) is 0 Å². The number of nitrogens with two attached hydrogens (primary N) is 1. The minimum absolute atomic E-state index is 0. The Labute approximate surface area is 167 Å². The maximum absolute atomic E-state index is 6.10. The van der Waals surface area contributed by atoms with Crippen LogP contribution < -0.4 is 11.1 Å². The number of methoxy groups -OCH3 is 1. The number of nitrogens with one attached hydrogen (secondary N) is 1. The van der Waals surface area contributed by atoms with Crippen LogP contribution >= 0.6 is 24.0 Å². The molecule has 2 rings (SSSR count). The summed E-state index contributed by atoms with van der Waals surface area (Å²) in [5.41, 5.74) is 9.38. The lowest BCUT2D eigenvalue weighted by molar-refractivity contribution is 0.185. The number of para-hydroxylation sites is 1. The van der Waals surface area contributed by atoms with E-state index in [2.05, 4.69) is 48.4 Å². The second kappa shape index (κ2) is 11.1. The Morgan fingerprint density at radius 3 is 2.36 bits per heavy atom. The molecule has 0 radical (unpaired) electrons. The van der Waals surface area contributed by atoms with Crippen molar-refractivity contribution < 1.29 is 4.74 Å². The zero-order chi connectivity index (χ0) is 17.4. The van der Waals surface area contributed by atoms with Gasteiger partial charge in [0.25, 0.3) is 0 Å². The normalized spacial score (nSPS) is 12.6. The summed E-state index contributed by atoms with van der Waals surface area (Å²) in [5.74, 6) is 1.27. The fraction of sp³-hybridized carbons (Fsp3) is 0.350. The van der Waals surface area contributed by atoms with Gasteiger partial charge in [-0.15, -0.1) is 24.0 Å². The Morgan fingerprint density at radius 1 is 1.08 bits per heavy atom. The van der Waals surface area contributed by atoms with Crippen LogP contribution in [0, 0.1) is 5.92 Å². The number of benzene rings is 2. The van der Waals surface area contributed by atoms with Crippen LogP contribution in [0.25, 0.3) is 0 Å². The molecule has 0 aromatic heterocycles. The highest BCUT2D eigenvalue weighted by Gasteiger charge is 2.15. The largest absolute Gasteiger partial charge is 0.380 e. The predicted octanol–water partition coefficient (Wildman–Crippen LogP) is 4.62. The molecule has 0 aliphatic rings. The summed E-state index contributed by atoms with van der Waals surface area (Å²) in [4.78, 5) is 4.56.